The van der Waals surface area contributed by atoms with Crippen LogP contribution >= 0.6 is 23.2 Å². The Morgan fingerprint density at radius 1 is 1.29 bits per heavy atom. The average Bonchev–Trinajstić information content (AvgIpc) is 2.82. The number of nitrogens with zero attached hydrogens (tertiary/aromatic N) is 3. The number of nitrogens with one attached hydrogen (secondary N) is 1. The van der Waals surface area contributed by atoms with Crippen LogP contribution in [-0.4, -0.2) is 20.7 Å². The number of anilines is 1. The third-order valence-electron chi connectivity index (χ3n) is 3.50. The number of rotatable bonds is 3. The van der Waals surface area contributed by atoms with E-state index in [9.17, 15) is 4.79 Å². The Kier molecular flexibility index (Phi) is 4.55. The molecular formula is C17H14Cl2N4O. The van der Waals surface area contributed by atoms with Gasteiger partial charge in [0.05, 0.1) is 17.6 Å². The number of carbonyl (C=O) groups is 1. The number of aromatic nitrogens is 3. The van der Waals surface area contributed by atoms with Crippen LogP contribution in [0.5, 0.6) is 0 Å². The number of halogens is 2. The van der Waals surface area contributed by atoms with Crippen molar-refractivity contribution in [3.8, 4) is 0 Å². The summed E-state index contributed by atoms with van der Waals surface area (Å²) in [6.45, 7) is 1.90. The van der Waals surface area contributed by atoms with E-state index < -0.39 is 0 Å². The molecule has 0 bridgehead atoms. The van der Waals surface area contributed by atoms with E-state index in [0.29, 0.717) is 21.3 Å². The molecule has 0 aliphatic carbocycles. The van der Waals surface area contributed by atoms with Crippen LogP contribution in [0, 0.1) is 6.92 Å². The van der Waals surface area contributed by atoms with E-state index >= 15 is 0 Å². The Morgan fingerprint density at radius 3 is 2.88 bits per heavy atom. The maximum atomic E-state index is 12.1. The summed E-state index contributed by atoms with van der Waals surface area (Å²) < 4.78 is 1.71. The molecule has 0 saturated carbocycles. The standard InChI is InChI=1S/C17H14Cl2N4O/c1-10-14-8-13(9-20-17(14)23(2)22-10)21-16(24)6-3-11-7-12(18)4-5-15(11)19/h3-9H,1-2H3,(H,21,24)/b6-3+. The summed E-state index contributed by atoms with van der Waals surface area (Å²) in [5.41, 5.74) is 2.91. The minimum atomic E-state index is -0.284. The van der Waals surface area contributed by atoms with Crippen LogP contribution in [0.15, 0.2) is 36.5 Å². The third kappa shape index (κ3) is 3.42. The van der Waals surface area contributed by atoms with Gasteiger partial charge in [-0.05, 0) is 42.8 Å². The number of carbonyl (C=O) groups excluding carboxylic acids is 1. The third-order valence-corrected chi connectivity index (χ3v) is 4.08. The van der Waals surface area contributed by atoms with E-state index in [0.717, 1.165) is 16.7 Å². The fourth-order valence-corrected chi connectivity index (χ4v) is 2.73. The van der Waals surface area contributed by atoms with Crippen molar-refractivity contribution in [2.24, 2.45) is 7.05 Å². The lowest BCUT2D eigenvalue weighted by atomic mass is 10.2. The summed E-state index contributed by atoms with van der Waals surface area (Å²) in [6, 6.07) is 6.92. The number of pyridine rings is 1. The normalized spacial score (nSPS) is 11.3. The molecule has 3 rings (SSSR count). The molecule has 3 aromatic rings. The van der Waals surface area contributed by atoms with Crippen LogP contribution in [0.25, 0.3) is 17.1 Å². The predicted molar refractivity (Wildman–Crippen MR) is 97.4 cm³/mol. The van der Waals surface area contributed by atoms with Gasteiger partial charge in [-0.3, -0.25) is 9.48 Å². The van der Waals surface area contributed by atoms with Crippen molar-refractivity contribution in [1.29, 1.82) is 0 Å². The molecule has 0 unspecified atom stereocenters. The monoisotopic (exact) mass is 360 g/mol. The molecule has 0 spiro atoms. The first-order valence-electron chi connectivity index (χ1n) is 7.17. The molecule has 1 amide bonds. The van der Waals surface area contributed by atoms with Crippen molar-refractivity contribution < 1.29 is 4.79 Å². The molecule has 1 aromatic carbocycles. The maximum Gasteiger partial charge on any atom is 0.248 e. The fourth-order valence-electron chi connectivity index (χ4n) is 2.37. The molecule has 2 heterocycles. The lowest BCUT2D eigenvalue weighted by Gasteiger charge is -2.03. The fraction of sp³-hybridized carbons (Fsp3) is 0.118. The topological polar surface area (TPSA) is 59.8 Å². The zero-order chi connectivity index (χ0) is 17.3. The SMILES string of the molecule is Cc1nn(C)c2ncc(NC(=O)/C=C/c3cc(Cl)ccc3Cl)cc12. The number of aryl methyl sites for hydroxylation is 2. The van der Waals surface area contributed by atoms with E-state index in [2.05, 4.69) is 15.4 Å². The van der Waals surface area contributed by atoms with Gasteiger partial charge in [0.15, 0.2) is 5.65 Å². The highest BCUT2D eigenvalue weighted by atomic mass is 35.5. The van der Waals surface area contributed by atoms with Crippen LogP contribution in [0.4, 0.5) is 5.69 Å². The van der Waals surface area contributed by atoms with Crippen LogP contribution in [0.1, 0.15) is 11.3 Å². The second-order valence-electron chi connectivity index (χ2n) is 5.29. The molecule has 0 fully saturated rings. The van der Waals surface area contributed by atoms with Gasteiger partial charge >= 0.3 is 0 Å². The number of fused-ring (bicyclic) bond motifs is 1. The van der Waals surface area contributed by atoms with Crippen molar-refractivity contribution in [3.05, 3.63) is 57.8 Å². The minimum Gasteiger partial charge on any atom is -0.321 e. The zero-order valence-corrected chi connectivity index (χ0v) is 14.6. The smallest absolute Gasteiger partial charge is 0.248 e. The second-order valence-corrected chi connectivity index (χ2v) is 6.14. The molecule has 2 aromatic heterocycles. The molecule has 7 heteroatoms. The molecule has 122 valence electrons. The maximum absolute atomic E-state index is 12.1. The lowest BCUT2D eigenvalue weighted by Crippen LogP contribution is -2.08. The van der Waals surface area contributed by atoms with E-state index in [1.807, 2.05) is 20.0 Å². The van der Waals surface area contributed by atoms with Crippen LogP contribution in [0.2, 0.25) is 10.0 Å². The predicted octanol–water partition coefficient (Wildman–Crippen LogP) is 4.24. The zero-order valence-electron chi connectivity index (χ0n) is 13.0. The summed E-state index contributed by atoms with van der Waals surface area (Å²) in [5, 5.41) is 9.06. The number of hydrogen-bond acceptors (Lipinski definition) is 3. The van der Waals surface area contributed by atoms with Gasteiger partial charge in [0.25, 0.3) is 0 Å². The first kappa shape index (κ1) is 16.5. The second kappa shape index (κ2) is 6.63. The molecule has 0 saturated heterocycles. The van der Waals surface area contributed by atoms with Crippen molar-refractivity contribution in [3.63, 3.8) is 0 Å². The quantitative estimate of drug-likeness (QED) is 0.710. The number of benzene rings is 1. The molecular weight excluding hydrogens is 347 g/mol. The van der Waals surface area contributed by atoms with Crippen molar-refractivity contribution >= 4 is 51.9 Å². The Balaban J connectivity index is 1.78. The summed E-state index contributed by atoms with van der Waals surface area (Å²) in [7, 11) is 1.83. The average molecular weight is 361 g/mol. The van der Waals surface area contributed by atoms with Crippen LogP contribution in [-0.2, 0) is 11.8 Å². The van der Waals surface area contributed by atoms with Crippen molar-refractivity contribution in [2.75, 3.05) is 5.32 Å². The van der Waals surface area contributed by atoms with Gasteiger partial charge < -0.3 is 5.32 Å². The van der Waals surface area contributed by atoms with Crippen molar-refractivity contribution in [2.45, 2.75) is 6.92 Å². The van der Waals surface area contributed by atoms with Gasteiger partial charge in [0, 0.05) is 28.6 Å². The Morgan fingerprint density at radius 2 is 2.08 bits per heavy atom. The summed E-state index contributed by atoms with van der Waals surface area (Å²) >= 11 is 12.0. The Hall–Kier alpha value is -2.37. The highest BCUT2D eigenvalue weighted by molar-refractivity contribution is 6.34. The molecule has 5 nitrogen and oxygen atoms in total. The first-order valence-corrected chi connectivity index (χ1v) is 7.93. The van der Waals surface area contributed by atoms with E-state index in [4.69, 9.17) is 23.2 Å². The highest BCUT2D eigenvalue weighted by Crippen LogP contribution is 2.22. The summed E-state index contributed by atoms with van der Waals surface area (Å²) in [6.07, 6.45) is 4.62. The van der Waals surface area contributed by atoms with E-state index in [1.54, 1.807) is 35.2 Å². The molecule has 0 aliphatic rings. The van der Waals surface area contributed by atoms with Gasteiger partial charge in [0.2, 0.25) is 5.91 Å². The van der Waals surface area contributed by atoms with Crippen LogP contribution in [0.3, 0.4) is 0 Å². The first-order chi connectivity index (χ1) is 11.4. The Bertz CT molecular complexity index is 963. The number of amides is 1. The summed E-state index contributed by atoms with van der Waals surface area (Å²) in [4.78, 5) is 16.4. The molecule has 1 N–H and O–H groups in total. The van der Waals surface area contributed by atoms with Gasteiger partial charge in [-0.25, -0.2) is 4.98 Å². The van der Waals surface area contributed by atoms with E-state index in [-0.39, 0.29) is 5.91 Å². The number of hydrogen-bond donors (Lipinski definition) is 1. The largest absolute Gasteiger partial charge is 0.321 e. The molecule has 0 radical (unpaired) electrons. The molecule has 0 atom stereocenters. The summed E-state index contributed by atoms with van der Waals surface area (Å²) in [5.74, 6) is -0.284. The molecule has 24 heavy (non-hydrogen) atoms. The van der Waals surface area contributed by atoms with Gasteiger partial charge in [-0.15, -0.1) is 0 Å². The van der Waals surface area contributed by atoms with Crippen molar-refractivity contribution in [1.82, 2.24) is 14.8 Å². The van der Waals surface area contributed by atoms with Gasteiger partial charge in [-0.1, -0.05) is 23.2 Å². The highest BCUT2D eigenvalue weighted by Gasteiger charge is 2.08. The van der Waals surface area contributed by atoms with Crippen LogP contribution < -0.4 is 5.32 Å². The lowest BCUT2D eigenvalue weighted by molar-refractivity contribution is -0.111. The van der Waals surface area contributed by atoms with E-state index in [1.165, 1.54) is 6.08 Å². The molecule has 0 aliphatic heterocycles. The van der Waals surface area contributed by atoms with Gasteiger partial charge in [0.1, 0.15) is 0 Å². The van der Waals surface area contributed by atoms with Gasteiger partial charge in [-0.2, -0.15) is 5.10 Å². The Labute approximate surface area is 148 Å². The minimum absolute atomic E-state index is 0.284.